The lowest BCUT2D eigenvalue weighted by atomic mass is 10.2. The van der Waals surface area contributed by atoms with Gasteiger partial charge in [-0.2, -0.15) is 17.1 Å². The lowest BCUT2D eigenvalue weighted by Crippen LogP contribution is -2.26. The molecule has 0 radical (unpaired) electrons. The van der Waals surface area contributed by atoms with Crippen LogP contribution in [0.1, 0.15) is 12.8 Å². The quantitative estimate of drug-likeness (QED) is 0.659. The first kappa shape index (κ1) is 11.2. The first-order valence-corrected chi connectivity index (χ1v) is 6.48. The van der Waals surface area contributed by atoms with Crippen molar-refractivity contribution in [2.24, 2.45) is 4.40 Å². The minimum absolute atomic E-state index is 0.155. The molecular formula is C10H12N2O3S. The molecule has 0 bridgehead atoms. The van der Waals surface area contributed by atoms with Crippen LogP contribution in [0.15, 0.2) is 28.7 Å². The standard InChI is InChI=1S/C10H12N2O3S/c13-10-5-3-9(4-6-10)11-16(14,15)12-7-1-2-8-12/h3-6H,1-2,7-8H2. The Labute approximate surface area is 94.3 Å². The minimum Gasteiger partial charge on any atom is -0.290 e. The summed E-state index contributed by atoms with van der Waals surface area (Å²) in [5.74, 6) is -0.155. The molecule has 6 heteroatoms. The predicted octanol–water partition coefficient (Wildman–Crippen LogP) is 0.463. The molecule has 2 rings (SSSR count). The van der Waals surface area contributed by atoms with Crippen LogP contribution in [-0.4, -0.2) is 37.3 Å². The van der Waals surface area contributed by atoms with Crippen LogP contribution in [0.4, 0.5) is 0 Å². The molecule has 2 aliphatic rings. The van der Waals surface area contributed by atoms with Crippen LogP contribution in [0.5, 0.6) is 0 Å². The maximum absolute atomic E-state index is 11.8. The largest absolute Gasteiger partial charge is 0.322 e. The molecule has 5 nitrogen and oxygen atoms in total. The molecule has 1 saturated heterocycles. The summed E-state index contributed by atoms with van der Waals surface area (Å²) in [7, 11) is -3.57. The Morgan fingerprint density at radius 1 is 1.06 bits per heavy atom. The highest BCUT2D eigenvalue weighted by Gasteiger charge is 2.24. The van der Waals surface area contributed by atoms with Crippen molar-refractivity contribution in [2.45, 2.75) is 12.8 Å². The number of carbonyl (C=O) groups excluding carboxylic acids is 1. The van der Waals surface area contributed by atoms with Crippen molar-refractivity contribution in [3.05, 3.63) is 24.3 Å². The molecule has 0 saturated carbocycles. The lowest BCUT2D eigenvalue weighted by molar-refractivity contribution is -0.110. The number of hydrogen-bond donors (Lipinski definition) is 0. The molecule has 0 spiro atoms. The molecule has 1 fully saturated rings. The average Bonchev–Trinajstić information content (AvgIpc) is 2.75. The summed E-state index contributed by atoms with van der Waals surface area (Å²) in [5.41, 5.74) is 0.298. The molecular weight excluding hydrogens is 228 g/mol. The van der Waals surface area contributed by atoms with E-state index in [2.05, 4.69) is 4.40 Å². The SMILES string of the molecule is O=C1C=CC(=NS(=O)(=O)N2CCCC2)C=C1. The zero-order valence-electron chi connectivity index (χ0n) is 8.67. The van der Waals surface area contributed by atoms with E-state index in [1.165, 1.54) is 28.6 Å². The van der Waals surface area contributed by atoms with Crippen LogP contribution in [0.25, 0.3) is 0 Å². The van der Waals surface area contributed by atoms with Gasteiger partial charge in [0.1, 0.15) is 0 Å². The van der Waals surface area contributed by atoms with Gasteiger partial charge in [0.15, 0.2) is 5.78 Å². The van der Waals surface area contributed by atoms with E-state index in [1.54, 1.807) is 0 Å². The van der Waals surface area contributed by atoms with Gasteiger partial charge in [-0.15, -0.1) is 0 Å². The zero-order valence-corrected chi connectivity index (χ0v) is 9.48. The van der Waals surface area contributed by atoms with Gasteiger partial charge < -0.3 is 0 Å². The van der Waals surface area contributed by atoms with E-state index >= 15 is 0 Å². The van der Waals surface area contributed by atoms with Crippen LogP contribution >= 0.6 is 0 Å². The molecule has 1 heterocycles. The molecule has 0 N–H and O–H groups in total. The highest BCUT2D eigenvalue weighted by Crippen LogP contribution is 2.14. The third kappa shape index (κ3) is 2.45. The maximum atomic E-state index is 11.8. The van der Waals surface area contributed by atoms with Gasteiger partial charge in [0.05, 0.1) is 5.71 Å². The fourth-order valence-corrected chi connectivity index (χ4v) is 2.84. The van der Waals surface area contributed by atoms with Gasteiger partial charge in [-0.3, -0.25) is 4.79 Å². The van der Waals surface area contributed by atoms with Crippen molar-refractivity contribution < 1.29 is 13.2 Å². The Morgan fingerprint density at radius 2 is 1.62 bits per heavy atom. The Kier molecular flexibility index (Phi) is 3.02. The second kappa shape index (κ2) is 4.31. The van der Waals surface area contributed by atoms with E-state index in [1.807, 2.05) is 0 Å². The smallest absolute Gasteiger partial charge is 0.290 e. The van der Waals surface area contributed by atoms with Crippen molar-refractivity contribution in [3.8, 4) is 0 Å². The Hall–Kier alpha value is -1.27. The van der Waals surface area contributed by atoms with Crippen LogP contribution < -0.4 is 0 Å². The number of hydrogen-bond acceptors (Lipinski definition) is 3. The van der Waals surface area contributed by atoms with Crippen LogP contribution in [0.3, 0.4) is 0 Å². The van der Waals surface area contributed by atoms with Gasteiger partial charge in [0.25, 0.3) is 0 Å². The lowest BCUT2D eigenvalue weighted by Gasteiger charge is -2.11. The number of ketones is 1. The maximum Gasteiger partial charge on any atom is 0.322 e. The average molecular weight is 240 g/mol. The van der Waals surface area contributed by atoms with Crippen molar-refractivity contribution in [1.82, 2.24) is 4.31 Å². The molecule has 86 valence electrons. The fraction of sp³-hybridized carbons (Fsp3) is 0.400. The Balaban J connectivity index is 2.20. The molecule has 0 aromatic rings. The third-order valence-electron chi connectivity index (χ3n) is 2.45. The molecule has 0 atom stereocenters. The summed E-state index contributed by atoms with van der Waals surface area (Å²) < 4.78 is 28.6. The summed E-state index contributed by atoms with van der Waals surface area (Å²) in [6.45, 7) is 1.07. The van der Waals surface area contributed by atoms with Crippen LogP contribution in [0.2, 0.25) is 0 Å². The normalized spacial score (nSPS) is 21.8. The summed E-state index contributed by atoms with van der Waals surface area (Å²) >= 11 is 0. The molecule has 16 heavy (non-hydrogen) atoms. The van der Waals surface area contributed by atoms with E-state index in [9.17, 15) is 13.2 Å². The first-order chi connectivity index (χ1) is 7.58. The van der Waals surface area contributed by atoms with E-state index in [0.717, 1.165) is 12.8 Å². The Bertz CT molecular complexity index is 464. The number of allylic oxidation sites excluding steroid dienone is 4. The van der Waals surface area contributed by atoms with E-state index in [0.29, 0.717) is 18.8 Å². The van der Waals surface area contributed by atoms with Gasteiger partial charge >= 0.3 is 10.2 Å². The Morgan fingerprint density at radius 3 is 2.19 bits per heavy atom. The van der Waals surface area contributed by atoms with Crippen molar-refractivity contribution in [1.29, 1.82) is 0 Å². The van der Waals surface area contributed by atoms with Gasteiger partial charge in [-0.05, 0) is 37.1 Å². The van der Waals surface area contributed by atoms with Gasteiger partial charge in [-0.25, -0.2) is 0 Å². The number of nitrogens with zero attached hydrogens (tertiary/aromatic N) is 2. The van der Waals surface area contributed by atoms with Gasteiger partial charge in [0, 0.05) is 13.1 Å². The monoisotopic (exact) mass is 240 g/mol. The first-order valence-electron chi connectivity index (χ1n) is 5.08. The second-order valence-electron chi connectivity index (χ2n) is 3.67. The molecule has 1 aliphatic heterocycles. The highest BCUT2D eigenvalue weighted by atomic mass is 32.2. The van der Waals surface area contributed by atoms with E-state index in [4.69, 9.17) is 0 Å². The van der Waals surface area contributed by atoms with Gasteiger partial charge in [0.2, 0.25) is 0 Å². The minimum atomic E-state index is -3.57. The van der Waals surface area contributed by atoms with Crippen molar-refractivity contribution in [2.75, 3.05) is 13.1 Å². The number of carbonyl (C=O) groups is 1. The van der Waals surface area contributed by atoms with E-state index < -0.39 is 10.2 Å². The summed E-state index contributed by atoms with van der Waals surface area (Å²) in [5, 5.41) is 0. The second-order valence-corrected chi connectivity index (χ2v) is 5.26. The summed E-state index contributed by atoms with van der Waals surface area (Å²) in [4.78, 5) is 10.8. The van der Waals surface area contributed by atoms with Crippen molar-refractivity contribution in [3.63, 3.8) is 0 Å². The predicted molar refractivity (Wildman–Crippen MR) is 60.4 cm³/mol. The van der Waals surface area contributed by atoms with Crippen molar-refractivity contribution >= 4 is 21.7 Å². The zero-order chi connectivity index (χ0) is 11.6. The van der Waals surface area contributed by atoms with Crippen LogP contribution in [-0.2, 0) is 15.0 Å². The van der Waals surface area contributed by atoms with E-state index in [-0.39, 0.29) is 5.78 Å². The van der Waals surface area contributed by atoms with Crippen LogP contribution in [0, 0.1) is 0 Å². The summed E-state index contributed by atoms with van der Waals surface area (Å²) in [6.07, 6.45) is 7.20. The number of rotatable bonds is 2. The fourth-order valence-electron chi connectivity index (χ4n) is 1.62. The highest BCUT2D eigenvalue weighted by molar-refractivity contribution is 7.88. The molecule has 1 aliphatic carbocycles. The topological polar surface area (TPSA) is 66.8 Å². The summed E-state index contributed by atoms with van der Waals surface area (Å²) in [6, 6.07) is 0. The third-order valence-corrected chi connectivity index (χ3v) is 3.91. The molecule has 0 amide bonds. The molecule has 0 aromatic carbocycles. The molecule has 0 aromatic heterocycles. The van der Waals surface area contributed by atoms with Gasteiger partial charge in [-0.1, -0.05) is 0 Å². The molecule has 0 unspecified atom stereocenters.